The smallest absolute Gasteiger partial charge is 0.407 e. The zero-order valence-corrected chi connectivity index (χ0v) is 17.1. The highest BCUT2D eigenvalue weighted by molar-refractivity contribution is 14.0. The SMILES string of the molecule is CCCC(CNC(N)=NCC(C)C)NC(=O)OC(C)(C)C.I. The lowest BCUT2D eigenvalue weighted by atomic mass is 10.1. The van der Waals surface area contributed by atoms with Crippen molar-refractivity contribution in [3.63, 3.8) is 0 Å². The van der Waals surface area contributed by atoms with Crippen molar-refractivity contribution in [3.8, 4) is 0 Å². The minimum atomic E-state index is -0.494. The van der Waals surface area contributed by atoms with Crippen molar-refractivity contribution in [1.82, 2.24) is 10.6 Å². The molecule has 0 rings (SSSR count). The van der Waals surface area contributed by atoms with Gasteiger partial charge in [0.1, 0.15) is 5.60 Å². The van der Waals surface area contributed by atoms with Crippen LogP contribution in [0.2, 0.25) is 0 Å². The molecule has 0 aromatic heterocycles. The first-order chi connectivity index (χ1) is 9.64. The van der Waals surface area contributed by atoms with Crippen LogP contribution in [0.15, 0.2) is 4.99 Å². The van der Waals surface area contributed by atoms with Gasteiger partial charge >= 0.3 is 6.09 Å². The van der Waals surface area contributed by atoms with Crippen LogP contribution in [0.1, 0.15) is 54.4 Å². The second kappa shape index (κ2) is 11.8. The molecule has 0 aliphatic carbocycles. The van der Waals surface area contributed by atoms with Crippen LogP contribution in [0, 0.1) is 5.92 Å². The predicted molar refractivity (Wildman–Crippen MR) is 103 cm³/mol. The first kappa shape index (κ1) is 23.5. The van der Waals surface area contributed by atoms with Gasteiger partial charge in [-0.05, 0) is 33.1 Å². The van der Waals surface area contributed by atoms with Gasteiger partial charge in [-0.1, -0.05) is 27.2 Å². The number of guanidine groups is 1. The summed E-state index contributed by atoms with van der Waals surface area (Å²) in [5.74, 6) is 0.882. The third-order valence-corrected chi connectivity index (χ3v) is 2.51. The first-order valence-corrected chi connectivity index (χ1v) is 7.67. The summed E-state index contributed by atoms with van der Waals surface area (Å²) in [6.07, 6.45) is 1.41. The molecule has 0 radical (unpaired) electrons. The number of nitrogens with two attached hydrogens (primary N) is 1. The standard InChI is InChI=1S/C15H32N4O2.HI/c1-7-8-12(19-14(20)21-15(4,5)6)10-18-13(16)17-9-11(2)3;/h11-12H,7-10H2,1-6H3,(H,19,20)(H3,16,17,18);1H. The zero-order chi connectivity index (χ0) is 16.5. The van der Waals surface area contributed by atoms with Gasteiger partial charge in [0.2, 0.25) is 0 Å². The Morgan fingerprint density at radius 3 is 2.36 bits per heavy atom. The topological polar surface area (TPSA) is 88.7 Å². The third-order valence-electron chi connectivity index (χ3n) is 2.51. The number of nitrogens with one attached hydrogen (secondary N) is 2. The molecule has 0 aliphatic heterocycles. The van der Waals surface area contributed by atoms with E-state index in [2.05, 4.69) is 36.4 Å². The number of ether oxygens (including phenoxy) is 1. The molecule has 6 nitrogen and oxygen atoms in total. The van der Waals surface area contributed by atoms with E-state index in [-0.39, 0.29) is 30.0 Å². The fraction of sp³-hybridized carbons (Fsp3) is 0.867. The molecule has 0 spiro atoms. The Labute approximate surface area is 152 Å². The average molecular weight is 428 g/mol. The van der Waals surface area contributed by atoms with Crippen molar-refractivity contribution in [2.45, 2.75) is 66.0 Å². The van der Waals surface area contributed by atoms with Crippen LogP contribution in [0.25, 0.3) is 0 Å². The summed E-state index contributed by atoms with van der Waals surface area (Å²) in [6.45, 7) is 13.0. The van der Waals surface area contributed by atoms with Gasteiger partial charge in [-0.3, -0.25) is 4.99 Å². The number of nitrogens with zero attached hydrogens (tertiary/aromatic N) is 1. The molecule has 0 aliphatic rings. The van der Waals surface area contributed by atoms with Crippen LogP contribution in [0.3, 0.4) is 0 Å². The number of aliphatic imine (C=N–C) groups is 1. The Hall–Kier alpha value is -0.730. The van der Waals surface area contributed by atoms with Gasteiger partial charge in [0.15, 0.2) is 5.96 Å². The maximum atomic E-state index is 11.8. The fourth-order valence-electron chi connectivity index (χ4n) is 1.61. The lowest BCUT2D eigenvalue weighted by molar-refractivity contribution is 0.0502. The second-order valence-electron chi connectivity index (χ2n) is 6.63. The van der Waals surface area contributed by atoms with E-state index in [4.69, 9.17) is 10.5 Å². The third kappa shape index (κ3) is 14.2. The quantitative estimate of drug-likeness (QED) is 0.331. The van der Waals surface area contributed by atoms with Crippen molar-refractivity contribution in [2.24, 2.45) is 16.6 Å². The number of rotatable bonds is 7. The number of carbonyl (C=O) groups is 1. The van der Waals surface area contributed by atoms with Crippen molar-refractivity contribution in [1.29, 1.82) is 0 Å². The van der Waals surface area contributed by atoms with E-state index in [1.165, 1.54) is 0 Å². The monoisotopic (exact) mass is 428 g/mol. The summed E-state index contributed by atoms with van der Waals surface area (Å²) >= 11 is 0. The van der Waals surface area contributed by atoms with Gasteiger partial charge in [0, 0.05) is 19.1 Å². The molecular formula is C15H33IN4O2. The van der Waals surface area contributed by atoms with E-state index in [9.17, 15) is 4.79 Å². The summed E-state index contributed by atoms with van der Waals surface area (Å²) < 4.78 is 5.26. The number of alkyl carbamates (subject to hydrolysis) is 1. The van der Waals surface area contributed by atoms with E-state index >= 15 is 0 Å². The van der Waals surface area contributed by atoms with Crippen LogP contribution in [0.4, 0.5) is 4.79 Å². The number of carbonyl (C=O) groups excluding carboxylic acids is 1. The maximum Gasteiger partial charge on any atom is 0.407 e. The zero-order valence-electron chi connectivity index (χ0n) is 14.7. The summed E-state index contributed by atoms with van der Waals surface area (Å²) in [4.78, 5) is 16.0. The summed E-state index contributed by atoms with van der Waals surface area (Å²) in [7, 11) is 0. The molecule has 0 bridgehead atoms. The largest absolute Gasteiger partial charge is 0.444 e. The molecule has 1 atom stereocenters. The second-order valence-corrected chi connectivity index (χ2v) is 6.63. The van der Waals surface area contributed by atoms with Crippen LogP contribution in [-0.4, -0.2) is 36.8 Å². The van der Waals surface area contributed by atoms with Gasteiger partial charge in [-0.25, -0.2) is 4.79 Å². The molecule has 132 valence electrons. The maximum absolute atomic E-state index is 11.8. The van der Waals surface area contributed by atoms with Gasteiger partial charge < -0.3 is 21.1 Å². The van der Waals surface area contributed by atoms with E-state index in [0.717, 1.165) is 12.8 Å². The Morgan fingerprint density at radius 1 is 1.32 bits per heavy atom. The van der Waals surface area contributed by atoms with Gasteiger partial charge in [-0.2, -0.15) is 0 Å². The molecular weight excluding hydrogens is 395 g/mol. The van der Waals surface area contributed by atoms with Gasteiger partial charge in [0.25, 0.3) is 0 Å². The Kier molecular flexibility index (Phi) is 12.6. The van der Waals surface area contributed by atoms with E-state index in [1.54, 1.807) is 0 Å². The number of halogens is 1. The summed E-state index contributed by atoms with van der Waals surface area (Å²) in [5, 5.41) is 5.91. The normalized spacial score (nSPS) is 13.3. The molecule has 0 saturated carbocycles. The molecule has 0 saturated heterocycles. The van der Waals surface area contributed by atoms with Crippen molar-refractivity contribution in [3.05, 3.63) is 0 Å². The lowest BCUT2D eigenvalue weighted by Gasteiger charge is -2.23. The highest BCUT2D eigenvalue weighted by Gasteiger charge is 2.19. The van der Waals surface area contributed by atoms with E-state index in [0.29, 0.717) is 25.0 Å². The fourth-order valence-corrected chi connectivity index (χ4v) is 1.61. The minimum Gasteiger partial charge on any atom is -0.444 e. The van der Waals surface area contributed by atoms with Crippen LogP contribution >= 0.6 is 24.0 Å². The average Bonchev–Trinajstić information content (AvgIpc) is 2.31. The molecule has 0 aromatic carbocycles. The molecule has 4 N–H and O–H groups in total. The molecule has 1 amide bonds. The van der Waals surface area contributed by atoms with E-state index < -0.39 is 11.7 Å². The predicted octanol–water partition coefficient (Wildman–Crippen LogP) is 2.86. The number of hydrogen-bond donors (Lipinski definition) is 3. The molecule has 22 heavy (non-hydrogen) atoms. The molecule has 7 heteroatoms. The van der Waals surface area contributed by atoms with Crippen LogP contribution < -0.4 is 16.4 Å². The highest BCUT2D eigenvalue weighted by Crippen LogP contribution is 2.07. The molecule has 1 unspecified atom stereocenters. The van der Waals surface area contributed by atoms with Gasteiger partial charge in [-0.15, -0.1) is 24.0 Å². The Bertz CT molecular complexity index is 341. The van der Waals surface area contributed by atoms with Crippen LogP contribution in [0.5, 0.6) is 0 Å². The van der Waals surface area contributed by atoms with Crippen LogP contribution in [-0.2, 0) is 4.74 Å². The van der Waals surface area contributed by atoms with Crippen molar-refractivity contribution >= 4 is 36.0 Å². The number of amides is 1. The summed E-state index contributed by atoms with van der Waals surface area (Å²) in [5.41, 5.74) is 5.30. The highest BCUT2D eigenvalue weighted by atomic mass is 127. The van der Waals surface area contributed by atoms with Gasteiger partial charge in [0.05, 0.1) is 0 Å². The van der Waals surface area contributed by atoms with Crippen molar-refractivity contribution < 1.29 is 9.53 Å². The molecule has 0 fully saturated rings. The number of hydrogen-bond acceptors (Lipinski definition) is 3. The Morgan fingerprint density at radius 2 is 1.91 bits per heavy atom. The molecule has 0 heterocycles. The lowest BCUT2D eigenvalue weighted by Crippen LogP contribution is -2.47. The molecule has 0 aromatic rings. The van der Waals surface area contributed by atoms with E-state index in [1.807, 2.05) is 20.8 Å². The minimum absolute atomic E-state index is 0. The Balaban J connectivity index is 0. The first-order valence-electron chi connectivity index (χ1n) is 7.67. The summed E-state index contributed by atoms with van der Waals surface area (Å²) in [6, 6.07) is -0.0300. The van der Waals surface area contributed by atoms with Crippen molar-refractivity contribution in [2.75, 3.05) is 13.1 Å².